The van der Waals surface area contributed by atoms with E-state index < -0.39 is 0 Å². The quantitative estimate of drug-likeness (QED) is 0.653. The number of nitrogens with two attached hydrogens (primary N) is 1. The molecular formula is C13H9Br2NO. The van der Waals surface area contributed by atoms with Crippen LogP contribution in [0.25, 0.3) is 0 Å². The van der Waals surface area contributed by atoms with E-state index in [2.05, 4.69) is 31.9 Å². The Kier molecular flexibility index (Phi) is 3.64. The molecule has 2 rings (SSSR count). The SMILES string of the molecule is Nc1c(Br)cc(C(=O)c2ccccc2)cc1Br. The topological polar surface area (TPSA) is 43.1 Å². The van der Waals surface area contributed by atoms with Crippen LogP contribution in [0.4, 0.5) is 5.69 Å². The fourth-order valence-corrected chi connectivity index (χ4v) is 2.66. The van der Waals surface area contributed by atoms with E-state index in [0.717, 1.165) is 0 Å². The normalized spacial score (nSPS) is 10.2. The molecule has 0 aliphatic heterocycles. The predicted molar refractivity (Wildman–Crippen MR) is 76.1 cm³/mol. The number of rotatable bonds is 2. The number of benzene rings is 2. The highest BCUT2D eigenvalue weighted by atomic mass is 79.9. The predicted octanol–water partition coefficient (Wildman–Crippen LogP) is 4.02. The fraction of sp³-hybridized carbons (Fsp3) is 0. The van der Waals surface area contributed by atoms with Gasteiger partial charge in [-0.2, -0.15) is 0 Å². The molecule has 2 nitrogen and oxygen atoms in total. The molecule has 2 N–H and O–H groups in total. The van der Waals surface area contributed by atoms with Crippen LogP contribution in [-0.4, -0.2) is 5.78 Å². The van der Waals surface area contributed by atoms with Gasteiger partial charge in [0.2, 0.25) is 0 Å². The Bertz CT molecular complexity index is 544. The first kappa shape index (κ1) is 12.3. The van der Waals surface area contributed by atoms with Crippen molar-refractivity contribution >= 4 is 43.3 Å². The third-order valence-corrected chi connectivity index (χ3v) is 3.69. The highest BCUT2D eigenvalue weighted by molar-refractivity contribution is 9.11. The zero-order valence-electron chi connectivity index (χ0n) is 8.78. The summed E-state index contributed by atoms with van der Waals surface area (Å²) in [7, 11) is 0. The van der Waals surface area contributed by atoms with E-state index >= 15 is 0 Å². The van der Waals surface area contributed by atoms with Crippen molar-refractivity contribution in [1.29, 1.82) is 0 Å². The van der Waals surface area contributed by atoms with E-state index in [0.29, 0.717) is 25.8 Å². The zero-order chi connectivity index (χ0) is 12.4. The fourth-order valence-electron chi connectivity index (χ4n) is 1.47. The van der Waals surface area contributed by atoms with Gasteiger partial charge >= 0.3 is 0 Å². The maximum atomic E-state index is 12.2. The Labute approximate surface area is 116 Å². The molecule has 86 valence electrons. The lowest BCUT2D eigenvalue weighted by molar-refractivity contribution is 0.103. The van der Waals surface area contributed by atoms with Crippen molar-refractivity contribution in [3.8, 4) is 0 Å². The van der Waals surface area contributed by atoms with E-state index in [4.69, 9.17) is 5.73 Å². The molecule has 2 aromatic rings. The van der Waals surface area contributed by atoms with Gasteiger partial charge in [-0.1, -0.05) is 30.3 Å². The van der Waals surface area contributed by atoms with Crippen molar-refractivity contribution in [3.63, 3.8) is 0 Å². The van der Waals surface area contributed by atoms with E-state index in [1.807, 2.05) is 18.2 Å². The van der Waals surface area contributed by atoms with Gasteiger partial charge in [-0.05, 0) is 44.0 Å². The number of nitrogen functional groups attached to an aromatic ring is 1. The molecule has 4 heteroatoms. The van der Waals surface area contributed by atoms with Gasteiger partial charge in [-0.25, -0.2) is 0 Å². The number of anilines is 1. The van der Waals surface area contributed by atoms with Crippen LogP contribution < -0.4 is 5.73 Å². The monoisotopic (exact) mass is 353 g/mol. The van der Waals surface area contributed by atoms with Gasteiger partial charge in [-0.15, -0.1) is 0 Å². The minimum Gasteiger partial charge on any atom is -0.397 e. The molecule has 0 bridgehead atoms. The molecule has 0 aliphatic rings. The second-order valence-electron chi connectivity index (χ2n) is 3.55. The van der Waals surface area contributed by atoms with Crippen LogP contribution >= 0.6 is 31.9 Å². The maximum Gasteiger partial charge on any atom is 0.193 e. The van der Waals surface area contributed by atoms with Crippen LogP contribution in [0.5, 0.6) is 0 Å². The second-order valence-corrected chi connectivity index (χ2v) is 5.26. The Morgan fingerprint density at radius 3 is 2.00 bits per heavy atom. The van der Waals surface area contributed by atoms with Crippen LogP contribution in [0.15, 0.2) is 51.4 Å². The molecule has 0 unspecified atom stereocenters. The van der Waals surface area contributed by atoms with Crippen molar-refractivity contribution < 1.29 is 4.79 Å². The highest BCUT2D eigenvalue weighted by Crippen LogP contribution is 2.30. The molecule has 0 fully saturated rings. The minimum absolute atomic E-state index is 0.0213. The highest BCUT2D eigenvalue weighted by Gasteiger charge is 2.12. The Hall–Kier alpha value is -1.13. The molecule has 0 heterocycles. The smallest absolute Gasteiger partial charge is 0.193 e. The first-order valence-corrected chi connectivity index (χ1v) is 6.52. The number of hydrogen-bond acceptors (Lipinski definition) is 2. The first-order valence-electron chi connectivity index (χ1n) is 4.94. The van der Waals surface area contributed by atoms with Crippen molar-refractivity contribution in [1.82, 2.24) is 0 Å². The second kappa shape index (κ2) is 5.02. The summed E-state index contributed by atoms with van der Waals surface area (Å²) >= 11 is 6.66. The molecular weight excluding hydrogens is 346 g/mol. The van der Waals surface area contributed by atoms with Gasteiger partial charge in [0.15, 0.2) is 5.78 Å². The number of halogens is 2. The van der Waals surface area contributed by atoms with Gasteiger partial charge < -0.3 is 5.73 Å². The molecule has 0 spiro atoms. The molecule has 0 radical (unpaired) electrons. The zero-order valence-corrected chi connectivity index (χ0v) is 12.0. The molecule has 17 heavy (non-hydrogen) atoms. The van der Waals surface area contributed by atoms with Gasteiger partial charge in [-0.3, -0.25) is 4.79 Å². The number of hydrogen-bond donors (Lipinski definition) is 1. The first-order chi connectivity index (χ1) is 8.09. The lowest BCUT2D eigenvalue weighted by Gasteiger charge is -2.06. The lowest BCUT2D eigenvalue weighted by Crippen LogP contribution is -2.02. The van der Waals surface area contributed by atoms with E-state index in [1.165, 1.54) is 0 Å². The molecule has 0 saturated carbocycles. The van der Waals surface area contributed by atoms with Gasteiger partial charge in [0, 0.05) is 20.1 Å². The largest absolute Gasteiger partial charge is 0.397 e. The summed E-state index contributed by atoms with van der Waals surface area (Å²) in [6.07, 6.45) is 0. The minimum atomic E-state index is -0.0213. The summed E-state index contributed by atoms with van der Waals surface area (Å²) in [5, 5.41) is 0. The molecule has 0 saturated heterocycles. The Balaban J connectivity index is 2.45. The van der Waals surface area contributed by atoms with Crippen LogP contribution in [0.1, 0.15) is 15.9 Å². The average Bonchev–Trinajstić information content (AvgIpc) is 2.35. The van der Waals surface area contributed by atoms with E-state index in [9.17, 15) is 4.79 Å². The van der Waals surface area contributed by atoms with Crippen LogP contribution in [0.3, 0.4) is 0 Å². The summed E-state index contributed by atoms with van der Waals surface area (Å²) in [5.74, 6) is -0.0213. The molecule has 0 aliphatic carbocycles. The number of carbonyl (C=O) groups is 1. The third kappa shape index (κ3) is 2.58. The van der Waals surface area contributed by atoms with Crippen molar-refractivity contribution in [3.05, 3.63) is 62.5 Å². The number of carbonyl (C=O) groups excluding carboxylic acids is 1. The van der Waals surface area contributed by atoms with Crippen molar-refractivity contribution in [2.75, 3.05) is 5.73 Å². The van der Waals surface area contributed by atoms with Crippen molar-refractivity contribution in [2.24, 2.45) is 0 Å². The van der Waals surface area contributed by atoms with Gasteiger partial charge in [0.05, 0.1) is 5.69 Å². The van der Waals surface area contributed by atoms with Crippen LogP contribution in [0, 0.1) is 0 Å². The number of ketones is 1. The van der Waals surface area contributed by atoms with Gasteiger partial charge in [0.25, 0.3) is 0 Å². The summed E-state index contributed by atoms with van der Waals surface area (Å²) < 4.78 is 1.43. The van der Waals surface area contributed by atoms with Crippen molar-refractivity contribution in [2.45, 2.75) is 0 Å². The van der Waals surface area contributed by atoms with E-state index in [-0.39, 0.29) is 5.78 Å². The molecule has 0 aromatic heterocycles. The van der Waals surface area contributed by atoms with Crippen LogP contribution in [0.2, 0.25) is 0 Å². The lowest BCUT2D eigenvalue weighted by atomic mass is 10.0. The molecule has 0 atom stereocenters. The molecule has 2 aromatic carbocycles. The summed E-state index contributed by atoms with van der Waals surface area (Å²) in [6.45, 7) is 0. The summed E-state index contributed by atoms with van der Waals surface area (Å²) in [5.41, 5.74) is 7.64. The summed E-state index contributed by atoms with van der Waals surface area (Å²) in [4.78, 5) is 12.2. The van der Waals surface area contributed by atoms with E-state index in [1.54, 1.807) is 24.3 Å². The Morgan fingerprint density at radius 2 is 1.47 bits per heavy atom. The third-order valence-electron chi connectivity index (χ3n) is 2.38. The molecule has 0 amide bonds. The Morgan fingerprint density at radius 1 is 0.941 bits per heavy atom. The standard InChI is InChI=1S/C13H9Br2NO/c14-10-6-9(7-11(15)12(10)16)13(17)8-4-2-1-3-5-8/h1-7H,16H2. The van der Waals surface area contributed by atoms with Crippen LogP contribution in [-0.2, 0) is 0 Å². The van der Waals surface area contributed by atoms with Gasteiger partial charge in [0.1, 0.15) is 0 Å². The average molecular weight is 355 g/mol. The summed E-state index contributed by atoms with van der Waals surface area (Å²) in [6, 6.07) is 12.6. The maximum absolute atomic E-state index is 12.2.